The number of anilines is 1. The van der Waals surface area contributed by atoms with Crippen LogP contribution in [0.4, 0.5) is 10.1 Å². The predicted octanol–water partition coefficient (Wildman–Crippen LogP) is 4.67. The van der Waals surface area contributed by atoms with Crippen molar-refractivity contribution in [1.82, 2.24) is 0 Å². The number of carbonyl (C=O) groups excluding carboxylic acids is 1. The van der Waals surface area contributed by atoms with Crippen LogP contribution in [0.1, 0.15) is 17.5 Å². The summed E-state index contributed by atoms with van der Waals surface area (Å²) in [7, 11) is 0. The molecule has 0 spiro atoms. The zero-order chi connectivity index (χ0) is 15.0. The Labute approximate surface area is 144 Å². The second-order valence-corrected chi connectivity index (χ2v) is 7.19. The van der Waals surface area contributed by atoms with Crippen molar-refractivity contribution in [3.8, 4) is 0 Å². The van der Waals surface area contributed by atoms with Crippen molar-refractivity contribution >= 4 is 50.1 Å². The van der Waals surface area contributed by atoms with Gasteiger partial charge in [0.2, 0.25) is 5.91 Å². The number of rotatable bonds is 2. The standard InChI is InChI=1S/C16H12BrFINO/c17-12-5-10(6-13(18)8-12)9-20-15-3-2-14(19)7-11(15)1-4-16(20)21/h2-3,5-8H,1,4,9H2. The van der Waals surface area contributed by atoms with Gasteiger partial charge in [0.1, 0.15) is 5.82 Å². The van der Waals surface area contributed by atoms with E-state index in [-0.39, 0.29) is 11.7 Å². The topological polar surface area (TPSA) is 20.3 Å². The number of fused-ring (bicyclic) bond motifs is 1. The zero-order valence-corrected chi connectivity index (χ0v) is 14.8. The van der Waals surface area contributed by atoms with Gasteiger partial charge in [-0.25, -0.2) is 4.39 Å². The SMILES string of the molecule is O=C1CCc2cc(I)ccc2N1Cc1cc(F)cc(Br)c1. The molecule has 0 aromatic heterocycles. The third-order valence-electron chi connectivity index (χ3n) is 3.50. The van der Waals surface area contributed by atoms with Gasteiger partial charge in [-0.15, -0.1) is 0 Å². The molecule has 1 amide bonds. The highest BCUT2D eigenvalue weighted by molar-refractivity contribution is 14.1. The van der Waals surface area contributed by atoms with Crippen LogP contribution < -0.4 is 4.90 Å². The lowest BCUT2D eigenvalue weighted by atomic mass is 10.0. The summed E-state index contributed by atoms with van der Waals surface area (Å²) in [5.74, 6) is -0.212. The number of amides is 1. The Hall–Kier alpha value is -0.950. The predicted molar refractivity (Wildman–Crippen MR) is 92.8 cm³/mol. The summed E-state index contributed by atoms with van der Waals surface area (Å²) in [5, 5.41) is 0. The summed E-state index contributed by atoms with van der Waals surface area (Å²) in [4.78, 5) is 14.0. The van der Waals surface area contributed by atoms with Crippen LogP contribution in [0, 0.1) is 9.39 Å². The van der Waals surface area contributed by atoms with E-state index < -0.39 is 0 Å². The van der Waals surface area contributed by atoms with Crippen LogP contribution in [-0.4, -0.2) is 5.91 Å². The molecule has 1 aliphatic heterocycles. The number of hydrogen-bond acceptors (Lipinski definition) is 1. The van der Waals surface area contributed by atoms with Gasteiger partial charge in [-0.2, -0.15) is 0 Å². The van der Waals surface area contributed by atoms with Crippen LogP contribution in [0.25, 0.3) is 0 Å². The molecule has 0 unspecified atom stereocenters. The molecular formula is C16H12BrFINO. The number of nitrogens with zero attached hydrogens (tertiary/aromatic N) is 1. The highest BCUT2D eigenvalue weighted by Gasteiger charge is 2.24. The third-order valence-corrected chi connectivity index (χ3v) is 4.63. The van der Waals surface area contributed by atoms with Crippen molar-refractivity contribution in [2.45, 2.75) is 19.4 Å². The minimum Gasteiger partial charge on any atom is -0.308 e. The van der Waals surface area contributed by atoms with Crippen LogP contribution in [0.3, 0.4) is 0 Å². The van der Waals surface area contributed by atoms with Crippen molar-refractivity contribution in [1.29, 1.82) is 0 Å². The van der Waals surface area contributed by atoms with Crippen LogP contribution >= 0.6 is 38.5 Å². The Bertz CT molecular complexity index is 699. The quantitative estimate of drug-likeness (QED) is 0.597. The highest BCUT2D eigenvalue weighted by Crippen LogP contribution is 2.31. The lowest BCUT2D eigenvalue weighted by Gasteiger charge is -2.29. The van der Waals surface area contributed by atoms with E-state index in [4.69, 9.17) is 0 Å². The molecule has 0 aliphatic carbocycles. The van der Waals surface area contributed by atoms with Crippen LogP contribution in [-0.2, 0) is 17.8 Å². The maximum Gasteiger partial charge on any atom is 0.227 e. The Morgan fingerprint density at radius 2 is 2.00 bits per heavy atom. The van der Waals surface area contributed by atoms with E-state index in [1.54, 1.807) is 4.90 Å². The van der Waals surface area contributed by atoms with E-state index in [2.05, 4.69) is 44.6 Å². The number of halogens is 3. The van der Waals surface area contributed by atoms with Crippen LogP contribution in [0.5, 0.6) is 0 Å². The van der Waals surface area contributed by atoms with Crippen molar-refractivity contribution in [2.75, 3.05) is 4.90 Å². The zero-order valence-electron chi connectivity index (χ0n) is 11.1. The lowest BCUT2D eigenvalue weighted by molar-refractivity contribution is -0.119. The fourth-order valence-corrected chi connectivity index (χ4v) is 3.66. The molecule has 1 heterocycles. The first-order valence-electron chi connectivity index (χ1n) is 6.57. The largest absolute Gasteiger partial charge is 0.308 e. The maximum atomic E-state index is 13.5. The molecule has 0 saturated carbocycles. The summed E-state index contributed by atoms with van der Waals surface area (Å²) in [6.07, 6.45) is 1.28. The monoisotopic (exact) mass is 459 g/mol. The van der Waals surface area contributed by atoms with Crippen LogP contribution in [0.15, 0.2) is 40.9 Å². The molecule has 2 aromatic carbocycles. The Balaban J connectivity index is 1.96. The van der Waals surface area contributed by atoms with Gasteiger partial charge in [-0.05, 0) is 76.5 Å². The molecule has 21 heavy (non-hydrogen) atoms. The van der Waals surface area contributed by atoms with Crippen molar-refractivity contribution in [2.24, 2.45) is 0 Å². The van der Waals surface area contributed by atoms with E-state index in [0.717, 1.165) is 21.2 Å². The third kappa shape index (κ3) is 3.29. The molecule has 5 heteroatoms. The van der Waals surface area contributed by atoms with Gasteiger partial charge >= 0.3 is 0 Å². The smallest absolute Gasteiger partial charge is 0.227 e. The average Bonchev–Trinajstić information content (AvgIpc) is 2.41. The first-order chi connectivity index (χ1) is 10.0. The molecule has 0 N–H and O–H groups in total. The summed E-state index contributed by atoms with van der Waals surface area (Å²) in [6, 6.07) is 10.8. The lowest BCUT2D eigenvalue weighted by Crippen LogP contribution is -2.34. The van der Waals surface area contributed by atoms with Crippen molar-refractivity contribution < 1.29 is 9.18 Å². The number of aryl methyl sites for hydroxylation is 1. The van der Waals surface area contributed by atoms with Gasteiger partial charge in [0.25, 0.3) is 0 Å². The molecule has 0 fully saturated rings. The Morgan fingerprint density at radius 3 is 2.76 bits per heavy atom. The minimum atomic E-state index is -0.299. The van der Waals surface area contributed by atoms with E-state index in [9.17, 15) is 9.18 Å². The van der Waals surface area contributed by atoms with Crippen molar-refractivity contribution in [3.05, 3.63) is 61.4 Å². The molecule has 108 valence electrons. The molecule has 0 radical (unpaired) electrons. The number of benzene rings is 2. The fraction of sp³-hybridized carbons (Fsp3) is 0.188. The maximum absolute atomic E-state index is 13.5. The first-order valence-corrected chi connectivity index (χ1v) is 8.44. The average molecular weight is 460 g/mol. The van der Waals surface area contributed by atoms with E-state index >= 15 is 0 Å². The summed E-state index contributed by atoms with van der Waals surface area (Å²) in [5.41, 5.74) is 2.89. The molecule has 1 aliphatic rings. The van der Waals surface area contributed by atoms with Gasteiger partial charge in [0.05, 0.1) is 6.54 Å². The van der Waals surface area contributed by atoms with Crippen molar-refractivity contribution in [3.63, 3.8) is 0 Å². The Kier molecular flexibility index (Phi) is 4.31. The summed E-state index contributed by atoms with van der Waals surface area (Å²) < 4.78 is 15.3. The van der Waals surface area contributed by atoms with Gasteiger partial charge < -0.3 is 4.90 Å². The van der Waals surface area contributed by atoms with Gasteiger partial charge in [-0.1, -0.05) is 15.9 Å². The normalized spacial score (nSPS) is 14.2. The molecular weight excluding hydrogens is 448 g/mol. The summed E-state index contributed by atoms with van der Waals surface area (Å²) >= 11 is 5.56. The highest BCUT2D eigenvalue weighted by atomic mass is 127. The van der Waals surface area contributed by atoms with Gasteiger partial charge in [-0.3, -0.25) is 4.79 Å². The molecule has 0 atom stereocenters. The minimum absolute atomic E-state index is 0.0871. The van der Waals surface area contributed by atoms with E-state index in [1.165, 1.54) is 17.7 Å². The van der Waals surface area contributed by atoms with Crippen LogP contribution in [0.2, 0.25) is 0 Å². The van der Waals surface area contributed by atoms with E-state index in [0.29, 0.717) is 17.4 Å². The first kappa shape index (κ1) is 15.0. The van der Waals surface area contributed by atoms with E-state index in [1.807, 2.05) is 18.2 Å². The summed E-state index contributed by atoms with van der Waals surface area (Å²) in [6.45, 7) is 0.392. The second kappa shape index (κ2) is 6.04. The molecule has 0 bridgehead atoms. The molecule has 2 aromatic rings. The second-order valence-electron chi connectivity index (χ2n) is 5.03. The molecule has 3 rings (SSSR count). The molecule has 2 nitrogen and oxygen atoms in total. The van der Waals surface area contributed by atoms with Gasteiger partial charge in [0.15, 0.2) is 0 Å². The van der Waals surface area contributed by atoms with Gasteiger partial charge in [0, 0.05) is 20.2 Å². The Morgan fingerprint density at radius 1 is 1.19 bits per heavy atom. The fourth-order valence-electron chi connectivity index (χ4n) is 2.59. The molecule has 0 saturated heterocycles. The number of carbonyl (C=O) groups is 1. The number of hydrogen-bond donors (Lipinski definition) is 0.